The second-order valence-electron chi connectivity index (χ2n) is 1.68. The number of aliphatic hydroxyl groups excluding tert-OH is 2. The largest absolute Gasteiger partial charge is 0.544 e. The van der Waals surface area contributed by atoms with Crippen LogP contribution in [0.3, 0.4) is 0 Å². The molecule has 0 amide bonds. The van der Waals surface area contributed by atoms with Crippen LogP contribution in [0.15, 0.2) is 0 Å². The van der Waals surface area contributed by atoms with Crippen molar-refractivity contribution in [2.24, 2.45) is 0 Å². The number of quaternary nitrogens is 1. The molecule has 0 aromatic heterocycles. The van der Waals surface area contributed by atoms with Gasteiger partial charge in [-0.15, -0.1) is 0 Å². The average Bonchev–Trinajstić information content (AvgIpc) is 1.84. The summed E-state index contributed by atoms with van der Waals surface area (Å²) in [5.74, 6) is -1.46. The molecule has 0 bridgehead atoms. The van der Waals surface area contributed by atoms with Crippen LogP contribution in [-0.2, 0) is 4.79 Å². The van der Waals surface area contributed by atoms with Crippen molar-refractivity contribution >= 4 is 5.97 Å². The molecule has 9 heavy (non-hydrogen) atoms. The molecule has 0 rings (SSSR count). The molecule has 0 aliphatic carbocycles. The van der Waals surface area contributed by atoms with Crippen LogP contribution in [0.2, 0.25) is 0 Å². The minimum Gasteiger partial charge on any atom is -0.544 e. The van der Waals surface area contributed by atoms with Gasteiger partial charge in [0.15, 0.2) is 6.04 Å². The molecule has 0 heterocycles. The van der Waals surface area contributed by atoms with Gasteiger partial charge in [-0.3, -0.25) is 0 Å². The van der Waals surface area contributed by atoms with Crippen molar-refractivity contribution in [3.8, 4) is 0 Å². The molecule has 0 saturated carbocycles. The van der Waals surface area contributed by atoms with Crippen LogP contribution < -0.4 is 10.8 Å². The number of rotatable bonds is 3. The number of carboxylic acid groups (broad SMARTS) is 1. The van der Waals surface area contributed by atoms with Crippen LogP contribution in [0.5, 0.6) is 0 Å². The number of aliphatic carboxylic acids is 1. The van der Waals surface area contributed by atoms with Gasteiger partial charge in [0.2, 0.25) is 0 Å². The molecule has 5 nitrogen and oxygen atoms in total. The predicted octanol–water partition coefficient (Wildman–Crippen LogP) is -4.30. The van der Waals surface area contributed by atoms with Gasteiger partial charge in [-0.25, -0.2) is 0 Å². The number of hydrogen-bond donors (Lipinski definition) is 3. The highest BCUT2D eigenvalue weighted by molar-refractivity contribution is 5.69. The van der Waals surface area contributed by atoms with Crippen molar-refractivity contribution in [1.82, 2.24) is 0 Å². The van der Waals surface area contributed by atoms with Crippen molar-refractivity contribution < 1.29 is 25.8 Å². The first kappa shape index (κ1) is 8.35. The Hall–Kier alpha value is -0.650. The van der Waals surface area contributed by atoms with E-state index in [2.05, 4.69) is 5.73 Å². The van der Waals surface area contributed by atoms with E-state index in [0.717, 1.165) is 0 Å². The summed E-state index contributed by atoms with van der Waals surface area (Å²) in [6, 6.07) is -1.25. The molecule has 54 valence electrons. The zero-order chi connectivity index (χ0) is 7.44. The van der Waals surface area contributed by atoms with E-state index in [4.69, 9.17) is 10.2 Å². The van der Waals surface area contributed by atoms with Crippen LogP contribution in [0.25, 0.3) is 0 Å². The third-order valence-corrected chi connectivity index (χ3v) is 0.954. The number of aliphatic hydroxyl groups is 2. The second-order valence-corrected chi connectivity index (χ2v) is 1.68. The highest BCUT2D eigenvalue weighted by atomic mass is 16.4. The molecule has 0 saturated heterocycles. The van der Waals surface area contributed by atoms with E-state index in [1.54, 1.807) is 0 Å². The van der Waals surface area contributed by atoms with Gasteiger partial charge < -0.3 is 25.8 Å². The maximum Gasteiger partial charge on any atom is 0.153 e. The number of hydrogen-bond acceptors (Lipinski definition) is 4. The molecule has 0 radical (unpaired) electrons. The van der Waals surface area contributed by atoms with Gasteiger partial charge in [0.05, 0.1) is 6.61 Å². The van der Waals surface area contributed by atoms with Crippen molar-refractivity contribution in [2.45, 2.75) is 12.1 Å². The van der Waals surface area contributed by atoms with Crippen molar-refractivity contribution in [3.05, 3.63) is 0 Å². The Morgan fingerprint density at radius 1 is 1.78 bits per heavy atom. The number of carboxylic acids is 1. The maximum atomic E-state index is 9.85. The molecule has 0 aliphatic heterocycles. The summed E-state index contributed by atoms with van der Waals surface area (Å²) >= 11 is 0. The number of carbonyl (C=O) groups is 1. The Balaban J connectivity index is 3.72. The van der Waals surface area contributed by atoms with E-state index in [-0.39, 0.29) is 0 Å². The standard InChI is InChI=1S/C4H9NO4/c5-3(4(8)9)2(7)1-6/h2-3,6-7H,1,5H2,(H,8,9)/t2-,3-/m0/s1. The smallest absolute Gasteiger partial charge is 0.153 e. The quantitative estimate of drug-likeness (QED) is 0.363. The SMILES string of the molecule is [NH3+][C@H](C(=O)[O-])[C@@H](O)CO. The van der Waals surface area contributed by atoms with Crippen molar-refractivity contribution in [2.75, 3.05) is 6.61 Å². The van der Waals surface area contributed by atoms with Gasteiger partial charge in [-0.2, -0.15) is 0 Å². The Labute approximate surface area is 51.7 Å². The first-order valence-corrected chi connectivity index (χ1v) is 2.42. The Kier molecular flexibility index (Phi) is 3.15. The highest BCUT2D eigenvalue weighted by Gasteiger charge is 2.17. The van der Waals surface area contributed by atoms with Gasteiger partial charge in [0.1, 0.15) is 12.1 Å². The summed E-state index contributed by atoms with van der Waals surface area (Å²) < 4.78 is 0. The first-order chi connectivity index (χ1) is 4.09. The first-order valence-electron chi connectivity index (χ1n) is 2.42. The topological polar surface area (TPSA) is 108 Å². The fourth-order valence-corrected chi connectivity index (χ4v) is 0.284. The highest BCUT2D eigenvalue weighted by Crippen LogP contribution is 1.82. The van der Waals surface area contributed by atoms with Gasteiger partial charge >= 0.3 is 0 Å². The summed E-state index contributed by atoms with van der Waals surface area (Å²) in [5, 5.41) is 26.6. The lowest BCUT2D eigenvalue weighted by atomic mass is 10.2. The number of carbonyl (C=O) groups excluding carboxylic acids is 1. The minimum atomic E-state index is -1.46. The molecule has 0 aliphatic rings. The summed E-state index contributed by atoms with van der Waals surface area (Å²) in [4.78, 5) is 9.85. The summed E-state index contributed by atoms with van der Waals surface area (Å²) in [7, 11) is 0. The molecule has 0 aromatic carbocycles. The molecule has 0 unspecified atom stereocenters. The Bertz CT molecular complexity index is 105. The van der Waals surface area contributed by atoms with Crippen LogP contribution in [-0.4, -0.2) is 34.9 Å². The Morgan fingerprint density at radius 3 is 2.33 bits per heavy atom. The zero-order valence-corrected chi connectivity index (χ0v) is 4.78. The maximum absolute atomic E-state index is 9.85. The molecule has 0 aromatic rings. The molecule has 5 heteroatoms. The summed E-state index contributed by atoms with van der Waals surface area (Å²) in [6.45, 7) is -0.609. The predicted molar refractivity (Wildman–Crippen MR) is 24.8 cm³/mol. The van der Waals surface area contributed by atoms with E-state index in [1.165, 1.54) is 0 Å². The second kappa shape index (κ2) is 3.39. The monoisotopic (exact) mass is 135 g/mol. The molecule has 0 fully saturated rings. The van der Waals surface area contributed by atoms with Crippen LogP contribution in [0.4, 0.5) is 0 Å². The zero-order valence-electron chi connectivity index (χ0n) is 4.78. The molecule has 0 spiro atoms. The van der Waals surface area contributed by atoms with E-state index < -0.39 is 24.7 Å². The fraction of sp³-hybridized carbons (Fsp3) is 0.750. The van der Waals surface area contributed by atoms with Gasteiger partial charge in [-0.05, 0) is 0 Å². The summed E-state index contributed by atoms with van der Waals surface area (Å²) in [6.07, 6.45) is -1.32. The van der Waals surface area contributed by atoms with Gasteiger partial charge in [-0.1, -0.05) is 0 Å². The third kappa shape index (κ3) is 2.41. The van der Waals surface area contributed by atoms with Crippen molar-refractivity contribution in [3.63, 3.8) is 0 Å². The van der Waals surface area contributed by atoms with Crippen LogP contribution in [0, 0.1) is 0 Å². The lowest BCUT2D eigenvalue weighted by Gasteiger charge is -2.12. The molecule has 2 atom stereocenters. The van der Waals surface area contributed by atoms with E-state index in [1.807, 2.05) is 0 Å². The van der Waals surface area contributed by atoms with Crippen LogP contribution in [0.1, 0.15) is 0 Å². The third-order valence-electron chi connectivity index (χ3n) is 0.954. The molecular weight excluding hydrogens is 126 g/mol. The molecular formula is C4H9NO4. The van der Waals surface area contributed by atoms with Crippen molar-refractivity contribution in [1.29, 1.82) is 0 Å². The minimum absolute atomic E-state index is 0.609. The van der Waals surface area contributed by atoms with Gasteiger partial charge in [0.25, 0.3) is 0 Å². The summed E-state index contributed by atoms with van der Waals surface area (Å²) in [5.41, 5.74) is 3.04. The average molecular weight is 135 g/mol. The fourth-order valence-electron chi connectivity index (χ4n) is 0.284. The molecule has 5 N–H and O–H groups in total. The lowest BCUT2D eigenvalue weighted by molar-refractivity contribution is -0.452. The van der Waals surface area contributed by atoms with E-state index >= 15 is 0 Å². The lowest BCUT2D eigenvalue weighted by Crippen LogP contribution is -2.73. The Morgan fingerprint density at radius 2 is 2.22 bits per heavy atom. The van der Waals surface area contributed by atoms with E-state index in [0.29, 0.717) is 0 Å². The normalized spacial score (nSPS) is 16.8. The van der Waals surface area contributed by atoms with Crippen LogP contribution >= 0.6 is 0 Å². The van der Waals surface area contributed by atoms with Gasteiger partial charge in [0, 0.05) is 0 Å². The van der Waals surface area contributed by atoms with E-state index in [9.17, 15) is 9.90 Å².